The molecule has 0 aromatic rings. The molecule has 136 valence electrons. The van der Waals surface area contributed by atoms with E-state index in [2.05, 4.69) is 5.32 Å². The predicted molar refractivity (Wildman–Crippen MR) is 89.5 cm³/mol. The molecule has 1 N–H and O–H groups in total. The van der Waals surface area contributed by atoms with E-state index in [4.69, 9.17) is 14.2 Å². The van der Waals surface area contributed by atoms with Crippen molar-refractivity contribution in [1.29, 1.82) is 0 Å². The summed E-state index contributed by atoms with van der Waals surface area (Å²) in [4.78, 5) is 12.4. The molecule has 1 heterocycles. The first-order valence-electron chi connectivity index (χ1n) is 9.74. The molecule has 0 atom stereocenters. The van der Waals surface area contributed by atoms with Gasteiger partial charge in [0.25, 0.3) is 0 Å². The van der Waals surface area contributed by atoms with Gasteiger partial charge in [0.2, 0.25) is 0 Å². The maximum absolute atomic E-state index is 12.4. The van der Waals surface area contributed by atoms with Crippen LogP contribution in [0.25, 0.3) is 0 Å². The maximum atomic E-state index is 12.4. The van der Waals surface area contributed by atoms with Gasteiger partial charge in [0.05, 0.1) is 20.3 Å². The van der Waals surface area contributed by atoms with Crippen LogP contribution in [0, 0.1) is 5.41 Å². The van der Waals surface area contributed by atoms with Crippen molar-refractivity contribution in [1.82, 2.24) is 5.32 Å². The van der Waals surface area contributed by atoms with Crippen molar-refractivity contribution in [3.05, 3.63) is 0 Å². The van der Waals surface area contributed by atoms with Gasteiger partial charge in [-0.15, -0.1) is 0 Å². The molecule has 1 aliphatic heterocycles. The summed E-state index contributed by atoms with van der Waals surface area (Å²) in [6.07, 6.45) is 12.1. The first-order valence-corrected chi connectivity index (χ1v) is 9.74. The fourth-order valence-electron chi connectivity index (χ4n) is 5.59. The van der Waals surface area contributed by atoms with E-state index in [0.29, 0.717) is 11.5 Å². The number of hydrogen-bond donors (Lipinski definition) is 1. The third kappa shape index (κ3) is 2.89. The lowest BCUT2D eigenvalue weighted by atomic mass is 9.57. The molecule has 5 heteroatoms. The molecule has 3 saturated carbocycles. The van der Waals surface area contributed by atoms with Crippen LogP contribution in [0.2, 0.25) is 0 Å². The van der Waals surface area contributed by atoms with Crippen molar-refractivity contribution in [2.45, 2.75) is 88.0 Å². The van der Waals surface area contributed by atoms with Crippen molar-refractivity contribution in [3.63, 3.8) is 0 Å². The largest absolute Gasteiger partial charge is 0.468 e. The molecule has 1 saturated heterocycles. The zero-order valence-corrected chi connectivity index (χ0v) is 14.9. The second-order valence-electron chi connectivity index (χ2n) is 8.49. The van der Waals surface area contributed by atoms with E-state index in [1.807, 2.05) is 0 Å². The molecular formula is C19H31NO4. The number of esters is 1. The number of nitrogens with one attached hydrogen (secondary N) is 1. The topological polar surface area (TPSA) is 56.8 Å². The summed E-state index contributed by atoms with van der Waals surface area (Å²) in [5.41, 5.74) is 0.0248. The third-order valence-electron chi connectivity index (χ3n) is 7.01. The van der Waals surface area contributed by atoms with E-state index in [0.717, 1.165) is 51.7 Å². The highest BCUT2D eigenvalue weighted by Crippen LogP contribution is 2.55. The first kappa shape index (κ1) is 16.8. The van der Waals surface area contributed by atoms with E-state index in [-0.39, 0.29) is 11.8 Å². The molecule has 24 heavy (non-hydrogen) atoms. The van der Waals surface area contributed by atoms with E-state index in [1.54, 1.807) is 0 Å². The van der Waals surface area contributed by atoms with Crippen molar-refractivity contribution in [3.8, 4) is 0 Å². The molecule has 0 aromatic heterocycles. The molecule has 4 aliphatic rings. The van der Waals surface area contributed by atoms with Crippen LogP contribution in [-0.2, 0) is 19.0 Å². The van der Waals surface area contributed by atoms with Crippen LogP contribution in [0.3, 0.4) is 0 Å². The van der Waals surface area contributed by atoms with Crippen LogP contribution in [-0.4, -0.2) is 43.7 Å². The number of methoxy groups -OCH3 is 1. The Morgan fingerprint density at radius 1 is 0.958 bits per heavy atom. The molecule has 4 rings (SSSR count). The van der Waals surface area contributed by atoms with Crippen LogP contribution in [0.15, 0.2) is 0 Å². The van der Waals surface area contributed by atoms with E-state index in [1.165, 1.54) is 39.2 Å². The molecule has 3 aliphatic carbocycles. The Morgan fingerprint density at radius 3 is 2.17 bits per heavy atom. The summed E-state index contributed by atoms with van der Waals surface area (Å²) in [7, 11) is 1.52. The van der Waals surface area contributed by atoms with Crippen molar-refractivity contribution < 1.29 is 19.0 Å². The van der Waals surface area contributed by atoms with E-state index >= 15 is 0 Å². The Kier molecular flexibility index (Phi) is 4.38. The van der Waals surface area contributed by atoms with Gasteiger partial charge in [0.1, 0.15) is 5.54 Å². The highest BCUT2D eigenvalue weighted by molar-refractivity contribution is 5.81. The monoisotopic (exact) mass is 337 g/mol. The van der Waals surface area contributed by atoms with Gasteiger partial charge in [-0.25, -0.2) is 0 Å². The van der Waals surface area contributed by atoms with E-state index in [9.17, 15) is 4.79 Å². The molecular weight excluding hydrogens is 306 g/mol. The van der Waals surface area contributed by atoms with Crippen molar-refractivity contribution in [2.75, 3.05) is 20.3 Å². The smallest absolute Gasteiger partial charge is 0.326 e. The van der Waals surface area contributed by atoms with Gasteiger partial charge in [0, 0.05) is 18.9 Å². The lowest BCUT2D eigenvalue weighted by Crippen LogP contribution is -2.63. The molecule has 2 spiro atoms. The number of rotatable bonds is 3. The summed E-state index contributed by atoms with van der Waals surface area (Å²) in [6, 6.07) is 0.460. The minimum absolute atomic E-state index is 0.0569. The molecule has 0 bridgehead atoms. The standard InChI is InChI=1S/C19H31NO4/c1-22-16(21)18(5-3-2-4-6-18)20-15-13-17(14-15)7-9-19(10-8-17)23-11-12-24-19/h15,20H,2-14H2,1H3. The van der Waals surface area contributed by atoms with Gasteiger partial charge in [0.15, 0.2) is 5.79 Å². The Morgan fingerprint density at radius 2 is 1.58 bits per heavy atom. The molecule has 0 radical (unpaired) electrons. The van der Waals surface area contributed by atoms with Gasteiger partial charge in [-0.05, 0) is 43.9 Å². The summed E-state index contributed by atoms with van der Waals surface area (Å²) in [5, 5.41) is 3.72. The number of ether oxygens (including phenoxy) is 3. The van der Waals surface area contributed by atoms with Crippen molar-refractivity contribution in [2.24, 2.45) is 5.41 Å². The Bertz CT molecular complexity index is 462. The fourth-order valence-corrected chi connectivity index (χ4v) is 5.59. The second kappa shape index (κ2) is 6.26. The van der Waals surface area contributed by atoms with Crippen LogP contribution in [0.1, 0.15) is 70.6 Å². The molecule has 0 aromatic carbocycles. The Hall–Kier alpha value is -0.650. The number of hydrogen-bond acceptors (Lipinski definition) is 5. The molecule has 4 fully saturated rings. The van der Waals surface area contributed by atoms with Crippen molar-refractivity contribution >= 4 is 5.97 Å². The average Bonchev–Trinajstić information content (AvgIpc) is 3.04. The van der Waals surface area contributed by atoms with Crippen LogP contribution in [0.4, 0.5) is 0 Å². The quantitative estimate of drug-likeness (QED) is 0.803. The third-order valence-corrected chi connectivity index (χ3v) is 7.01. The molecule has 5 nitrogen and oxygen atoms in total. The number of carbonyl (C=O) groups is 1. The van der Waals surface area contributed by atoms with Gasteiger partial charge >= 0.3 is 5.97 Å². The number of carbonyl (C=O) groups excluding carboxylic acids is 1. The fraction of sp³-hybridized carbons (Fsp3) is 0.947. The molecule has 0 amide bonds. The highest BCUT2D eigenvalue weighted by Gasteiger charge is 2.54. The SMILES string of the molecule is COC(=O)C1(NC2CC3(CCC4(CC3)OCCO4)C2)CCCCC1. The zero-order valence-electron chi connectivity index (χ0n) is 14.9. The molecule has 0 unspecified atom stereocenters. The van der Waals surface area contributed by atoms with Gasteiger partial charge < -0.3 is 14.2 Å². The maximum Gasteiger partial charge on any atom is 0.326 e. The summed E-state index contributed by atoms with van der Waals surface area (Å²) in [6.45, 7) is 1.50. The lowest BCUT2D eigenvalue weighted by Gasteiger charge is -2.55. The Balaban J connectivity index is 1.33. The highest BCUT2D eigenvalue weighted by atomic mass is 16.7. The zero-order chi connectivity index (χ0) is 16.7. The lowest BCUT2D eigenvalue weighted by molar-refractivity contribution is -0.201. The summed E-state index contributed by atoms with van der Waals surface area (Å²) >= 11 is 0. The Labute approximate surface area is 144 Å². The summed E-state index contributed by atoms with van der Waals surface area (Å²) < 4.78 is 16.8. The van der Waals surface area contributed by atoms with Gasteiger partial charge in [-0.1, -0.05) is 19.3 Å². The van der Waals surface area contributed by atoms with Gasteiger partial charge in [-0.3, -0.25) is 10.1 Å². The van der Waals surface area contributed by atoms with Gasteiger partial charge in [-0.2, -0.15) is 0 Å². The first-order chi connectivity index (χ1) is 11.6. The predicted octanol–water partition coefficient (Wildman–Crippen LogP) is 2.92. The summed E-state index contributed by atoms with van der Waals surface area (Å²) in [5.74, 6) is -0.320. The minimum atomic E-state index is -0.424. The van der Waals surface area contributed by atoms with Crippen LogP contribution in [0.5, 0.6) is 0 Å². The van der Waals surface area contributed by atoms with Crippen LogP contribution < -0.4 is 5.32 Å². The normalized spacial score (nSPS) is 31.0. The average molecular weight is 337 g/mol. The van der Waals surface area contributed by atoms with Crippen LogP contribution >= 0.6 is 0 Å². The minimum Gasteiger partial charge on any atom is -0.468 e. The van der Waals surface area contributed by atoms with E-state index < -0.39 is 5.54 Å². The second-order valence-corrected chi connectivity index (χ2v) is 8.49.